The third-order valence-corrected chi connectivity index (χ3v) is 3.31. The van der Waals surface area contributed by atoms with Crippen molar-refractivity contribution < 1.29 is 18.0 Å². The van der Waals surface area contributed by atoms with Gasteiger partial charge in [0.2, 0.25) is 21.8 Å². The van der Waals surface area contributed by atoms with Crippen molar-refractivity contribution in [1.82, 2.24) is 4.72 Å². The number of carbonyl (C=O) groups is 2. The molecule has 0 aromatic heterocycles. The van der Waals surface area contributed by atoms with Gasteiger partial charge >= 0.3 is 0 Å². The van der Waals surface area contributed by atoms with Gasteiger partial charge in [0.15, 0.2) is 0 Å². The molecule has 8 heteroatoms. The SMILES string of the molecule is CC(=O)Nc1ccc(N(CCNS(C)(=O)=O)C(C)=O)cc1. The normalized spacial score (nSPS) is 11.0. The maximum Gasteiger partial charge on any atom is 0.223 e. The monoisotopic (exact) mass is 313 g/mol. The van der Waals surface area contributed by atoms with Crippen molar-refractivity contribution in [3.05, 3.63) is 24.3 Å². The van der Waals surface area contributed by atoms with E-state index >= 15 is 0 Å². The quantitative estimate of drug-likeness (QED) is 0.801. The Balaban J connectivity index is 2.76. The van der Waals surface area contributed by atoms with Gasteiger partial charge in [-0.1, -0.05) is 0 Å². The molecule has 0 bridgehead atoms. The van der Waals surface area contributed by atoms with E-state index in [1.807, 2.05) is 0 Å². The van der Waals surface area contributed by atoms with Crippen LogP contribution in [0.2, 0.25) is 0 Å². The van der Waals surface area contributed by atoms with E-state index in [9.17, 15) is 18.0 Å². The second-order valence-corrected chi connectivity index (χ2v) is 6.40. The van der Waals surface area contributed by atoms with Gasteiger partial charge in [0, 0.05) is 38.3 Å². The first-order valence-corrected chi connectivity index (χ1v) is 8.18. The van der Waals surface area contributed by atoms with Crippen LogP contribution >= 0.6 is 0 Å². The predicted molar refractivity (Wildman–Crippen MR) is 81.6 cm³/mol. The van der Waals surface area contributed by atoms with Gasteiger partial charge in [0.25, 0.3) is 0 Å². The smallest absolute Gasteiger partial charge is 0.223 e. The number of rotatable bonds is 6. The van der Waals surface area contributed by atoms with Gasteiger partial charge in [0.1, 0.15) is 0 Å². The lowest BCUT2D eigenvalue weighted by Gasteiger charge is -2.21. The van der Waals surface area contributed by atoms with Crippen LogP contribution in [-0.4, -0.2) is 39.6 Å². The highest BCUT2D eigenvalue weighted by Crippen LogP contribution is 2.18. The predicted octanol–water partition coefficient (Wildman–Crippen LogP) is 0.547. The van der Waals surface area contributed by atoms with Crippen LogP contribution in [0, 0.1) is 0 Å². The fraction of sp³-hybridized carbons (Fsp3) is 0.385. The average molecular weight is 313 g/mol. The summed E-state index contributed by atoms with van der Waals surface area (Å²) in [5.41, 5.74) is 1.26. The Morgan fingerprint density at radius 1 is 1.14 bits per heavy atom. The second-order valence-electron chi connectivity index (χ2n) is 4.57. The van der Waals surface area contributed by atoms with E-state index in [-0.39, 0.29) is 24.9 Å². The standard InChI is InChI=1S/C13H19N3O4S/c1-10(17)15-12-4-6-13(7-5-12)16(11(2)18)9-8-14-21(3,19)20/h4-7,14H,8-9H2,1-3H3,(H,15,17). The Morgan fingerprint density at radius 3 is 2.14 bits per heavy atom. The van der Waals surface area contributed by atoms with E-state index < -0.39 is 10.0 Å². The zero-order valence-corrected chi connectivity index (χ0v) is 13.0. The van der Waals surface area contributed by atoms with E-state index in [1.165, 1.54) is 18.7 Å². The number of sulfonamides is 1. The first-order chi connectivity index (χ1) is 9.69. The van der Waals surface area contributed by atoms with E-state index in [1.54, 1.807) is 24.3 Å². The van der Waals surface area contributed by atoms with Gasteiger partial charge < -0.3 is 10.2 Å². The maximum atomic E-state index is 11.6. The molecule has 0 saturated carbocycles. The van der Waals surface area contributed by atoms with Crippen molar-refractivity contribution in [3.8, 4) is 0 Å². The molecule has 1 rings (SSSR count). The van der Waals surface area contributed by atoms with Crippen molar-refractivity contribution >= 4 is 33.2 Å². The van der Waals surface area contributed by atoms with Crippen molar-refractivity contribution in [2.24, 2.45) is 0 Å². The lowest BCUT2D eigenvalue weighted by Crippen LogP contribution is -2.37. The zero-order chi connectivity index (χ0) is 16.0. The molecular formula is C13H19N3O4S. The van der Waals surface area contributed by atoms with Crippen LogP contribution in [0.25, 0.3) is 0 Å². The number of anilines is 2. The van der Waals surface area contributed by atoms with Crippen LogP contribution in [0.4, 0.5) is 11.4 Å². The van der Waals surface area contributed by atoms with Crippen molar-refractivity contribution in [1.29, 1.82) is 0 Å². The summed E-state index contributed by atoms with van der Waals surface area (Å²) in [5, 5.41) is 2.63. The average Bonchev–Trinajstić information content (AvgIpc) is 2.33. The van der Waals surface area contributed by atoms with Gasteiger partial charge in [-0.2, -0.15) is 0 Å². The highest BCUT2D eigenvalue weighted by molar-refractivity contribution is 7.88. The number of hydrogen-bond acceptors (Lipinski definition) is 4. The number of nitrogens with zero attached hydrogens (tertiary/aromatic N) is 1. The summed E-state index contributed by atoms with van der Waals surface area (Å²) in [4.78, 5) is 24.0. The maximum absolute atomic E-state index is 11.6. The number of nitrogens with one attached hydrogen (secondary N) is 2. The fourth-order valence-corrected chi connectivity index (χ4v) is 2.20. The Hall–Kier alpha value is -1.93. The van der Waals surface area contributed by atoms with Crippen molar-refractivity contribution in [2.45, 2.75) is 13.8 Å². The van der Waals surface area contributed by atoms with Gasteiger partial charge in [-0.3, -0.25) is 9.59 Å². The lowest BCUT2D eigenvalue weighted by molar-refractivity contribution is -0.116. The Kier molecular flexibility index (Phi) is 5.86. The fourth-order valence-electron chi connectivity index (χ4n) is 1.74. The molecule has 1 aromatic rings. The molecule has 0 fully saturated rings. The molecule has 0 aliphatic rings. The van der Waals surface area contributed by atoms with Gasteiger partial charge in [-0.05, 0) is 24.3 Å². The van der Waals surface area contributed by atoms with E-state index in [0.717, 1.165) is 6.26 Å². The van der Waals surface area contributed by atoms with Crippen LogP contribution in [0.1, 0.15) is 13.8 Å². The lowest BCUT2D eigenvalue weighted by atomic mass is 10.2. The molecular weight excluding hydrogens is 294 g/mol. The topological polar surface area (TPSA) is 95.6 Å². The molecule has 1 aromatic carbocycles. The molecule has 116 valence electrons. The van der Waals surface area contributed by atoms with E-state index in [2.05, 4.69) is 10.0 Å². The Bertz CT molecular complexity index is 611. The molecule has 2 amide bonds. The van der Waals surface area contributed by atoms with Crippen LogP contribution in [-0.2, 0) is 19.6 Å². The van der Waals surface area contributed by atoms with Crippen LogP contribution in [0.3, 0.4) is 0 Å². The van der Waals surface area contributed by atoms with Crippen LogP contribution < -0.4 is 14.9 Å². The van der Waals surface area contributed by atoms with E-state index in [4.69, 9.17) is 0 Å². The Morgan fingerprint density at radius 2 is 1.71 bits per heavy atom. The molecule has 0 heterocycles. The van der Waals surface area contributed by atoms with Gasteiger partial charge in [-0.25, -0.2) is 13.1 Å². The first kappa shape index (κ1) is 17.1. The third-order valence-electron chi connectivity index (χ3n) is 2.58. The minimum absolute atomic E-state index is 0.131. The van der Waals surface area contributed by atoms with Gasteiger partial charge in [0.05, 0.1) is 6.26 Å². The summed E-state index contributed by atoms with van der Waals surface area (Å²) in [7, 11) is -3.28. The minimum Gasteiger partial charge on any atom is -0.326 e. The first-order valence-electron chi connectivity index (χ1n) is 6.29. The van der Waals surface area contributed by atoms with Crippen LogP contribution in [0.15, 0.2) is 24.3 Å². The summed E-state index contributed by atoms with van der Waals surface area (Å²) >= 11 is 0. The highest BCUT2D eigenvalue weighted by atomic mass is 32.2. The van der Waals surface area contributed by atoms with E-state index in [0.29, 0.717) is 11.4 Å². The summed E-state index contributed by atoms with van der Waals surface area (Å²) in [6, 6.07) is 6.73. The van der Waals surface area contributed by atoms with Crippen LogP contribution in [0.5, 0.6) is 0 Å². The minimum atomic E-state index is -3.28. The molecule has 0 saturated heterocycles. The molecule has 0 spiro atoms. The Labute approximate surface area is 124 Å². The summed E-state index contributed by atoms with van der Waals surface area (Å²) in [6.45, 7) is 3.17. The summed E-state index contributed by atoms with van der Waals surface area (Å²) in [6.07, 6.45) is 1.06. The molecule has 0 aliphatic carbocycles. The molecule has 0 aliphatic heterocycles. The third kappa shape index (κ3) is 6.37. The highest BCUT2D eigenvalue weighted by Gasteiger charge is 2.12. The summed E-state index contributed by atoms with van der Waals surface area (Å²) < 4.78 is 24.4. The van der Waals surface area contributed by atoms with Gasteiger partial charge in [-0.15, -0.1) is 0 Å². The number of benzene rings is 1. The molecule has 0 atom stereocenters. The zero-order valence-electron chi connectivity index (χ0n) is 12.2. The summed E-state index contributed by atoms with van der Waals surface area (Å²) in [5.74, 6) is -0.374. The largest absolute Gasteiger partial charge is 0.326 e. The molecule has 0 radical (unpaired) electrons. The van der Waals surface area contributed by atoms with Crippen molar-refractivity contribution in [2.75, 3.05) is 29.6 Å². The molecule has 21 heavy (non-hydrogen) atoms. The molecule has 2 N–H and O–H groups in total. The molecule has 7 nitrogen and oxygen atoms in total. The second kappa shape index (κ2) is 7.19. The number of carbonyl (C=O) groups excluding carboxylic acids is 2. The number of amides is 2. The number of hydrogen-bond donors (Lipinski definition) is 2. The van der Waals surface area contributed by atoms with Crippen molar-refractivity contribution in [3.63, 3.8) is 0 Å². The molecule has 0 unspecified atom stereocenters.